The van der Waals surface area contributed by atoms with E-state index >= 15 is 0 Å². The minimum absolute atomic E-state index is 0.0318. The van der Waals surface area contributed by atoms with Gasteiger partial charge >= 0.3 is 6.09 Å². The minimum atomic E-state index is -0.295. The van der Waals surface area contributed by atoms with E-state index in [-0.39, 0.29) is 12.0 Å². The number of carbonyl (C=O) groups is 2. The van der Waals surface area contributed by atoms with Crippen LogP contribution in [0.5, 0.6) is 0 Å². The fourth-order valence-corrected chi connectivity index (χ4v) is 4.34. The summed E-state index contributed by atoms with van der Waals surface area (Å²) in [6.07, 6.45) is 0.830. The van der Waals surface area contributed by atoms with Gasteiger partial charge in [-0.2, -0.15) is 0 Å². The van der Waals surface area contributed by atoms with E-state index in [1.54, 1.807) is 16.7 Å². The summed E-state index contributed by atoms with van der Waals surface area (Å²) in [5.74, 6) is 0.0318. The number of hydrogen-bond acceptors (Lipinski definition) is 3. The summed E-state index contributed by atoms with van der Waals surface area (Å²) >= 11 is 0. The second-order valence-corrected chi connectivity index (χ2v) is 8.05. The predicted molar refractivity (Wildman–Crippen MR) is 114 cm³/mol. The monoisotopic (exact) mass is 408 g/mol. The first-order valence-corrected chi connectivity index (χ1v) is 10.8. The summed E-state index contributed by atoms with van der Waals surface area (Å²) in [5, 5.41) is 0. The summed E-state index contributed by atoms with van der Waals surface area (Å²) in [5.41, 5.74) is 4.90. The highest BCUT2D eigenvalue weighted by Crippen LogP contribution is 2.13. The number of hydrogen-bond donors (Lipinski definition) is 1. The predicted octanol–water partition coefficient (Wildman–Crippen LogP) is 1.74. The van der Waals surface area contributed by atoms with E-state index < -0.39 is 0 Å². The third kappa shape index (κ3) is 4.65. The van der Waals surface area contributed by atoms with Gasteiger partial charge in [-0.25, -0.2) is 4.79 Å². The molecule has 4 rings (SSSR count). The Morgan fingerprint density at radius 3 is 2.30 bits per heavy atom. The Morgan fingerprint density at radius 2 is 1.60 bits per heavy atom. The zero-order valence-electron chi connectivity index (χ0n) is 17.6. The van der Waals surface area contributed by atoms with Crippen molar-refractivity contribution in [2.45, 2.75) is 26.4 Å². The molecule has 2 aliphatic heterocycles. The van der Waals surface area contributed by atoms with Crippen molar-refractivity contribution in [3.8, 4) is 0 Å². The van der Waals surface area contributed by atoms with E-state index in [1.807, 2.05) is 17.0 Å². The summed E-state index contributed by atoms with van der Waals surface area (Å²) in [6, 6.07) is 16.7. The summed E-state index contributed by atoms with van der Waals surface area (Å²) in [7, 11) is 0. The third-order valence-corrected chi connectivity index (χ3v) is 6.05. The van der Waals surface area contributed by atoms with Crippen LogP contribution in [0.15, 0.2) is 48.5 Å². The highest BCUT2D eigenvalue weighted by Gasteiger charge is 2.25. The number of benzene rings is 2. The molecule has 0 spiro atoms. The first-order valence-electron chi connectivity index (χ1n) is 10.8. The van der Waals surface area contributed by atoms with Crippen LogP contribution >= 0.6 is 0 Å². The van der Waals surface area contributed by atoms with Gasteiger partial charge in [0.1, 0.15) is 13.1 Å². The van der Waals surface area contributed by atoms with Crippen molar-refractivity contribution in [1.82, 2.24) is 9.80 Å². The number of nitrogens with one attached hydrogen (secondary N) is 1. The van der Waals surface area contributed by atoms with E-state index in [0.29, 0.717) is 38.3 Å². The lowest BCUT2D eigenvalue weighted by atomic mass is 9.99. The quantitative estimate of drug-likeness (QED) is 0.839. The second-order valence-electron chi connectivity index (χ2n) is 8.05. The fraction of sp³-hybridized carbons (Fsp3) is 0.417. The molecule has 1 N–H and O–H groups in total. The molecule has 1 atom stereocenters. The molecule has 1 saturated heterocycles. The Labute approximate surface area is 178 Å². The zero-order valence-corrected chi connectivity index (χ0v) is 17.6. The molecule has 30 heavy (non-hydrogen) atoms. The van der Waals surface area contributed by atoms with Crippen LogP contribution in [0.1, 0.15) is 34.0 Å². The molecule has 0 aliphatic carbocycles. The van der Waals surface area contributed by atoms with Crippen molar-refractivity contribution in [3.05, 3.63) is 70.8 Å². The molecular formula is C24H30N3O3+. The number of piperazine rings is 1. The van der Waals surface area contributed by atoms with Crippen molar-refractivity contribution in [2.75, 3.05) is 39.3 Å². The van der Waals surface area contributed by atoms with Crippen LogP contribution in [0.3, 0.4) is 0 Å². The lowest BCUT2D eigenvalue weighted by Crippen LogP contribution is -3.10. The number of ether oxygens (including phenoxy) is 1. The number of fused-ring (bicyclic) bond motifs is 1. The average molecular weight is 409 g/mol. The van der Waals surface area contributed by atoms with E-state index in [2.05, 4.69) is 36.4 Å². The zero-order chi connectivity index (χ0) is 20.9. The van der Waals surface area contributed by atoms with Gasteiger partial charge in [0.15, 0.2) is 0 Å². The van der Waals surface area contributed by atoms with Crippen LogP contribution < -0.4 is 4.90 Å². The smallest absolute Gasteiger partial charge is 0.409 e. The normalized spacial score (nSPS) is 18.6. The second kappa shape index (κ2) is 9.30. The van der Waals surface area contributed by atoms with Crippen molar-refractivity contribution < 1.29 is 19.2 Å². The van der Waals surface area contributed by atoms with Gasteiger partial charge < -0.3 is 19.4 Å². The Balaban J connectivity index is 1.31. The fourth-order valence-electron chi connectivity index (χ4n) is 4.34. The minimum Gasteiger partial charge on any atom is -0.450 e. The lowest BCUT2D eigenvalue weighted by Gasteiger charge is -2.34. The first kappa shape index (κ1) is 20.4. The molecule has 1 fully saturated rings. The molecule has 2 heterocycles. The molecule has 1 unspecified atom stereocenters. The van der Waals surface area contributed by atoms with Crippen LogP contribution in [0.4, 0.5) is 4.79 Å². The van der Waals surface area contributed by atoms with E-state index in [9.17, 15) is 9.59 Å². The number of nitrogens with zero attached hydrogens (tertiary/aromatic N) is 2. The molecule has 158 valence electrons. The number of amides is 2. The standard InChI is InChI=1S/C24H29N3O3/c1-2-30-24(29)27-15-13-26(14-16-27)23(28)21-9-7-19(8-10-21)17-25-12-11-20-5-3-4-6-22(20)18-25/h3-10H,2,11-18H2,1H3/p+1. The summed E-state index contributed by atoms with van der Waals surface area (Å²) in [6.45, 7) is 7.45. The molecule has 2 aromatic carbocycles. The molecule has 2 amide bonds. The molecule has 0 aromatic heterocycles. The van der Waals surface area contributed by atoms with Crippen molar-refractivity contribution in [2.24, 2.45) is 0 Å². The highest BCUT2D eigenvalue weighted by atomic mass is 16.6. The highest BCUT2D eigenvalue weighted by molar-refractivity contribution is 5.94. The molecule has 0 radical (unpaired) electrons. The Kier molecular flexibility index (Phi) is 6.33. The summed E-state index contributed by atoms with van der Waals surface area (Å²) < 4.78 is 5.04. The molecule has 2 aromatic rings. The van der Waals surface area contributed by atoms with Crippen LogP contribution in [-0.4, -0.2) is 61.1 Å². The van der Waals surface area contributed by atoms with Crippen LogP contribution in [0, 0.1) is 0 Å². The Hall–Kier alpha value is -2.86. The molecule has 6 nitrogen and oxygen atoms in total. The van der Waals surface area contributed by atoms with E-state index in [4.69, 9.17) is 4.74 Å². The SMILES string of the molecule is CCOC(=O)N1CCN(C(=O)c2ccc(C[NH+]3CCc4ccccc4C3)cc2)CC1. The van der Waals surface area contributed by atoms with Gasteiger partial charge in [0.25, 0.3) is 5.91 Å². The van der Waals surface area contributed by atoms with Crippen LogP contribution in [-0.2, 0) is 24.2 Å². The number of carbonyl (C=O) groups excluding carboxylic acids is 2. The molecule has 0 saturated carbocycles. The van der Waals surface area contributed by atoms with Crippen molar-refractivity contribution in [3.63, 3.8) is 0 Å². The number of rotatable bonds is 4. The van der Waals surface area contributed by atoms with Crippen molar-refractivity contribution >= 4 is 12.0 Å². The third-order valence-electron chi connectivity index (χ3n) is 6.05. The van der Waals surface area contributed by atoms with E-state index in [1.165, 1.54) is 16.7 Å². The van der Waals surface area contributed by atoms with Crippen LogP contribution in [0.2, 0.25) is 0 Å². The molecule has 2 aliphatic rings. The Morgan fingerprint density at radius 1 is 0.933 bits per heavy atom. The first-order chi connectivity index (χ1) is 14.6. The summed E-state index contributed by atoms with van der Waals surface area (Å²) in [4.78, 5) is 29.7. The van der Waals surface area contributed by atoms with Gasteiger partial charge in [-0.05, 0) is 24.6 Å². The number of quaternary nitrogens is 1. The molecular weight excluding hydrogens is 378 g/mol. The maximum atomic E-state index is 12.8. The average Bonchev–Trinajstić information content (AvgIpc) is 2.79. The maximum absolute atomic E-state index is 12.8. The molecule has 6 heteroatoms. The molecule has 0 bridgehead atoms. The van der Waals surface area contributed by atoms with Crippen molar-refractivity contribution in [1.29, 1.82) is 0 Å². The van der Waals surface area contributed by atoms with Crippen LogP contribution in [0.25, 0.3) is 0 Å². The van der Waals surface area contributed by atoms with Gasteiger partial charge in [-0.3, -0.25) is 4.79 Å². The van der Waals surface area contributed by atoms with Gasteiger partial charge in [-0.1, -0.05) is 36.4 Å². The maximum Gasteiger partial charge on any atom is 0.409 e. The topological polar surface area (TPSA) is 54.3 Å². The van der Waals surface area contributed by atoms with Gasteiger partial charge in [-0.15, -0.1) is 0 Å². The van der Waals surface area contributed by atoms with Gasteiger partial charge in [0.2, 0.25) is 0 Å². The van der Waals surface area contributed by atoms with E-state index in [0.717, 1.165) is 26.1 Å². The lowest BCUT2D eigenvalue weighted by molar-refractivity contribution is -0.929. The largest absolute Gasteiger partial charge is 0.450 e. The van der Waals surface area contributed by atoms with Gasteiger partial charge in [0.05, 0.1) is 13.2 Å². The van der Waals surface area contributed by atoms with Gasteiger partial charge in [0, 0.05) is 49.3 Å². The Bertz CT molecular complexity index is 889.